The molecule has 1 aliphatic rings. The molecule has 0 radical (unpaired) electrons. The van der Waals surface area contributed by atoms with Crippen LogP contribution >= 0.6 is 0 Å². The molecule has 0 bridgehead atoms. The number of aryl methyl sites for hydroxylation is 2. The normalized spacial score (nSPS) is 13.9. The number of piperazine rings is 1. The summed E-state index contributed by atoms with van der Waals surface area (Å²) in [4.78, 5) is 16.8. The van der Waals surface area contributed by atoms with Crippen molar-refractivity contribution in [3.63, 3.8) is 0 Å². The Morgan fingerprint density at radius 2 is 1.65 bits per heavy atom. The number of rotatable bonds is 4. The van der Waals surface area contributed by atoms with Gasteiger partial charge >= 0.3 is 6.03 Å². The molecule has 0 unspecified atom stereocenters. The Morgan fingerprint density at radius 1 is 0.941 bits per heavy atom. The Balaban J connectivity index is 1.36. The summed E-state index contributed by atoms with van der Waals surface area (Å²) in [5.41, 5.74) is 4.38. The van der Waals surface area contributed by atoms with E-state index in [-0.39, 0.29) is 6.03 Å². The number of nitrogens with one attached hydrogen (secondary N) is 1. The highest BCUT2D eigenvalue weighted by Gasteiger charge is 2.26. The number of fused-ring (bicyclic) bond motifs is 1. The summed E-state index contributed by atoms with van der Waals surface area (Å²) >= 11 is 0. The minimum atomic E-state index is -0.145. The van der Waals surface area contributed by atoms with Gasteiger partial charge in [-0.1, -0.05) is 30.3 Å². The molecule has 0 aliphatic carbocycles. The number of methoxy groups -OCH3 is 1. The molecule has 4 aromatic rings. The zero-order chi connectivity index (χ0) is 23.7. The number of carbonyl (C=O) groups is 1. The smallest absolute Gasteiger partial charge is 0.322 e. The number of anilines is 2. The molecule has 2 amide bonds. The third kappa shape index (κ3) is 3.89. The number of amides is 2. The SMILES string of the molecule is COc1ccccc1NC(=O)N1CCN(c2nnc(C)c3c(C)n(-c4ccccc4)nc23)CC1. The van der Waals surface area contributed by atoms with E-state index in [0.29, 0.717) is 37.6 Å². The number of hydrogen-bond acceptors (Lipinski definition) is 6. The lowest BCUT2D eigenvalue weighted by Crippen LogP contribution is -2.50. The van der Waals surface area contributed by atoms with Crippen LogP contribution in [0.25, 0.3) is 16.6 Å². The van der Waals surface area contributed by atoms with E-state index in [2.05, 4.69) is 27.3 Å². The molecule has 2 aromatic heterocycles. The molecule has 5 rings (SSSR count). The van der Waals surface area contributed by atoms with Gasteiger partial charge in [-0.2, -0.15) is 10.2 Å². The average molecular weight is 458 g/mol. The molecule has 174 valence electrons. The molecule has 9 heteroatoms. The van der Waals surface area contributed by atoms with Crippen molar-refractivity contribution in [3.05, 3.63) is 66.0 Å². The molecule has 1 saturated heterocycles. The van der Waals surface area contributed by atoms with Gasteiger partial charge in [0.25, 0.3) is 0 Å². The summed E-state index contributed by atoms with van der Waals surface area (Å²) in [7, 11) is 1.59. The zero-order valence-corrected chi connectivity index (χ0v) is 19.5. The van der Waals surface area contributed by atoms with E-state index in [1.165, 1.54) is 0 Å². The summed E-state index contributed by atoms with van der Waals surface area (Å²) in [6.45, 7) is 6.43. The van der Waals surface area contributed by atoms with E-state index in [0.717, 1.165) is 33.8 Å². The highest BCUT2D eigenvalue weighted by Crippen LogP contribution is 2.30. The predicted molar refractivity (Wildman–Crippen MR) is 132 cm³/mol. The molecular weight excluding hydrogens is 430 g/mol. The van der Waals surface area contributed by atoms with Crippen molar-refractivity contribution in [3.8, 4) is 11.4 Å². The minimum absolute atomic E-state index is 0.145. The van der Waals surface area contributed by atoms with Gasteiger partial charge < -0.3 is 19.9 Å². The van der Waals surface area contributed by atoms with Gasteiger partial charge in [-0.25, -0.2) is 9.48 Å². The van der Waals surface area contributed by atoms with E-state index >= 15 is 0 Å². The lowest BCUT2D eigenvalue weighted by atomic mass is 10.2. The Labute approximate surface area is 198 Å². The Hall–Kier alpha value is -4.14. The van der Waals surface area contributed by atoms with Crippen LogP contribution in [-0.4, -0.2) is 64.2 Å². The van der Waals surface area contributed by atoms with Crippen LogP contribution in [-0.2, 0) is 0 Å². The number of nitrogens with zero attached hydrogens (tertiary/aromatic N) is 6. The molecule has 0 spiro atoms. The van der Waals surface area contributed by atoms with Crippen molar-refractivity contribution in [1.29, 1.82) is 0 Å². The number of benzene rings is 2. The second-order valence-corrected chi connectivity index (χ2v) is 8.27. The van der Waals surface area contributed by atoms with Crippen molar-refractivity contribution in [2.45, 2.75) is 13.8 Å². The molecule has 2 aromatic carbocycles. The maximum Gasteiger partial charge on any atom is 0.322 e. The fourth-order valence-electron chi connectivity index (χ4n) is 4.41. The van der Waals surface area contributed by atoms with Gasteiger partial charge in [-0.3, -0.25) is 0 Å². The third-order valence-electron chi connectivity index (χ3n) is 6.20. The molecule has 1 N–H and O–H groups in total. The topological polar surface area (TPSA) is 88.4 Å². The summed E-state index contributed by atoms with van der Waals surface area (Å²) < 4.78 is 7.28. The van der Waals surface area contributed by atoms with E-state index < -0.39 is 0 Å². The molecule has 0 atom stereocenters. The van der Waals surface area contributed by atoms with Crippen LogP contribution in [0.3, 0.4) is 0 Å². The van der Waals surface area contributed by atoms with Crippen LogP contribution in [0.15, 0.2) is 54.6 Å². The summed E-state index contributed by atoms with van der Waals surface area (Å²) in [5, 5.41) is 17.8. The maximum absolute atomic E-state index is 12.8. The second kappa shape index (κ2) is 9.01. The van der Waals surface area contributed by atoms with Gasteiger partial charge in [0, 0.05) is 26.2 Å². The van der Waals surface area contributed by atoms with E-state index in [4.69, 9.17) is 9.84 Å². The number of ether oxygens (including phenoxy) is 1. The molecule has 9 nitrogen and oxygen atoms in total. The van der Waals surface area contributed by atoms with Crippen LogP contribution in [0.4, 0.5) is 16.3 Å². The third-order valence-corrected chi connectivity index (χ3v) is 6.20. The van der Waals surface area contributed by atoms with Crippen molar-refractivity contribution in [1.82, 2.24) is 24.9 Å². The van der Waals surface area contributed by atoms with Crippen molar-refractivity contribution in [2.24, 2.45) is 0 Å². The Morgan fingerprint density at radius 3 is 2.38 bits per heavy atom. The lowest BCUT2D eigenvalue weighted by molar-refractivity contribution is 0.208. The highest BCUT2D eigenvalue weighted by atomic mass is 16.5. The Bertz CT molecular complexity index is 1330. The minimum Gasteiger partial charge on any atom is -0.495 e. The molecule has 1 fully saturated rings. The van der Waals surface area contributed by atoms with Crippen LogP contribution in [0, 0.1) is 13.8 Å². The van der Waals surface area contributed by atoms with E-state index in [9.17, 15) is 4.79 Å². The van der Waals surface area contributed by atoms with Gasteiger partial charge in [-0.15, -0.1) is 5.10 Å². The average Bonchev–Trinajstić information content (AvgIpc) is 3.23. The van der Waals surface area contributed by atoms with Crippen LogP contribution < -0.4 is 15.0 Å². The van der Waals surface area contributed by atoms with Gasteiger partial charge in [0.2, 0.25) is 0 Å². The van der Waals surface area contributed by atoms with Crippen LogP contribution in [0.2, 0.25) is 0 Å². The number of hydrogen-bond donors (Lipinski definition) is 1. The molecular formula is C25H27N7O2. The first-order chi connectivity index (χ1) is 16.6. The summed E-state index contributed by atoms with van der Waals surface area (Å²) in [6.07, 6.45) is 0. The van der Waals surface area contributed by atoms with E-state index in [1.807, 2.05) is 66.2 Å². The van der Waals surface area contributed by atoms with Crippen molar-refractivity contribution in [2.75, 3.05) is 43.5 Å². The summed E-state index contributed by atoms with van der Waals surface area (Å²) in [5.74, 6) is 1.39. The van der Waals surface area contributed by atoms with Gasteiger partial charge in [0.15, 0.2) is 5.82 Å². The quantitative estimate of drug-likeness (QED) is 0.502. The second-order valence-electron chi connectivity index (χ2n) is 8.27. The van der Waals surface area contributed by atoms with Gasteiger partial charge in [0.1, 0.15) is 11.3 Å². The molecule has 1 aliphatic heterocycles. The Kier molecular flexibility index (Phi) is 5.75. The van der Waals surface area contributed by atoms with Gasteiger partial charge in [0.05, 0.1) is 35.3 Å². The molecule has 34 heavy (non-hydrogen) atoms. The van der Waals surface area contributed by atoms with Crippen LogP contribution in [0.1, 0.15) is 11.4 Å². The first-order valence-electron chi connectivity index (χ1n) is 11.3. The fourth-order valence-corrected chi connectivity index (χ4v) is 4.41. The standard InChI is InChI=1S/C25H27N7O2/c1-17-22-18(2)32(19-9-5-4-6-10-19)29-23(22)24(28-27-17)30-13-15-31(16-14-30)25(33)26-20-11-7-8-12-21(20)34-3/h4-12H,13-16H2,1-3H3,(H,26,33). The number of urea groups is 1. The summed E-state index contributed by atoms with van der Waals surface area (Å²) in [6, 6.07) is 17.3. The molecule has 3 heterocycles. The first kappa shape index (κ1) is 21.7. The number of aromatic nitrogens is 4. The first-order valence-corrected chi connectivity index (χ1v) is 11.3. The molecule has 0 saturated carbocycles. The largest absolute Gasteiger partial charge is 0.495 e. The predicted octanol–water partition coefficient (Wildman–Crippen LogP) is 3.80. The fraction of sp³-hybridized carbons (Fsp3) is 0.280. The lowest BCUT2D eigenvalue weighted by Gasteiger charge is -2.35. The van der Waals surface area contributed by atoms with Gasteiger partial charge in [-0.05, 0) is 38.1 Å². The van der Waals surface area contributed by atoms with Crippen molar-refractivity contribution >= 4 is 28.4 Å². The number of para-hydroxylation sites is 3. The van der Waals surface area contributed by atoms with Crippen LogP contribution in [0.5, 0.6) is 5.75 Å². The van der Waals surface area contributed by atoms with Crippen molar-refractivity contribution < 1.29 is 9.53 Å². The van der Waals surface area contributed by atoms with E-state index in [1.54, 1.807) is 12.0 Å². The highest BCUT2D eigenvalue weighted by molar-refractivity contribution is 5.93. The monoisotopic (exact) mass is 457 g/mol. The zero-order valence-electron chi connectivity index (χ0n) is 19.5. The number of carbonyl (C=O) groups excluding carboxylic acids is 1. The maximum atomic E-state index is 12.8.